The summed E-state index contributed by atoms with van der Waals surface area (Å²) in [6, 6.07) is 1.63. The van der Waals surface area contributed by atoms with E-state index in [1.165, 1.54) is 6.20 Å². The summed E-state index contributed by atoms with van der Waals surface area (Å²) >= 11 is 3.29. The number of nitrogens with zero attached hydrogens (tertiary/aromatic N) is 2. The van der Waals surface area contributed by atoms with Gasteiger partial charge in [-0.15, -0.1) is 0 Å². The second-order valence-corrected chi connectivity index (χ2v) is 5.64. The number of carbonyl (C=O) groups excluding carboxylic acids is 1. The molecule has 2 rings (SSSR count). The lowest BCUT2D eigenvalue weighted by Gasteiger charge is -2.47. The molecule has 0 radical (unpaired) electrons. The van der Waals surface area contributed by atoms with Gasteiger partial charge < -0.3 is 10.0 Å². The molecule has 2 atom stereocenters. The van der Waals surface area contributed by atoms with Gasteiger partial charge in [0.25, 0.3) is 5.91 Å². The highest BCUT2D eigenvalue weighted by Crippen LogP contribution is 2.35. The van der Waals surface area contributed by atoms with Crippen molar-refractivity contribution in [2.75, 3.05) is 7.05 Å². The Kier molecular flexibility index (Phi) is 3.23. The lowest BCUT2D eigenvalue weighted by molar-refractivity contribution is -0.0859. The SMILES string of the molecule is CN(C(=O)c1cncc(Br)c1)[C@@H]1CC[C@@]1(C)O. The molecule has 1 amide bonds. The van der Waals surface area contributed by atoms with Crippen molar-refractivity contribution in [1.82, 2.24) is 9.88 Å². The molecular weight excluding hydrogens is 284 g/mol. The molecule has 92 valence electrons. The zero-order valence-corrected chi connectivity index (χ0v) is 11.4. The maximum absolute atomic E-state index is 12.2. The van der Waals surface area contributed by atoms with E-state index in [1.54, 1.807) is 31.1 Å². The van der Waals surface area contributed by atoms with E-state index >= 15 is 0 Å². The van der Waals surface area contributed by atoms with Gasteiger partial charge in [0.2, 0.25) is 0 Å². The highest BCUT2D eigenvalue weighted by molar-refractivity contribution is 9.10. The fourth-order valence-electron chi connectivity index (χ4n) is 2.18. The van der Waals surface area contributed by atoms with Crippen molar-refractivity contribution in [3.05, 3.63) is 28.5 Å². The van der Waals surface area contributed by atoms with E-state index in [0.29, 0.717) is 5.56 Å². The van der Waals surface area contributed by atoms with Crippen molar-refractivity contribution >= 4 is 21.8 Å². The molecule has 5 heteroatoms. The first kappa shape index (κ1) is 12.5. The van der Waals surface area contributed by atoms with E-state index in [0.717, 1.165) is 17.3 Å². The Morgan fingerprint density at radius 3 is 2.82 bits per heavy atom. The van der Waals surface area contributed by atoms with Gasteiger partial charge in [0.15, 0.2) is 0 Å². The lowest BCUT2D eigenvalue weighted by Crippen LogP contribution is -2.58. The van der Waals surface area contributed by atoms with Gasteiger partial charge in [-0.1, -0.05) is 0 Å². The lowest BCUT2D eigenvalue weighted by atomic mass is 9.75. The Balaban J connectivity index is 2.15. The quantitative estimate of drug-likeness (QED) is 0.906. The van der Waals surface area contributed by atoms with Crippen LogP contribution in [0.3, 0.4) is 0 Å². The third-order valence-corrected chi connectivity index (χ3v) is 3.82. The van der Waals surface area contributed by atoms with Gasteiger partial charge in [-0.3, -0.25) is 9.78 Å². The van der Waals surface area contributed by atoms with Crippen LogP contribution in [0.5, 0.6) is 0 Å². The minimum Gasteiger partial charge on any atom is -0.388 e. The zero-order chi connectivity index (χ0) is 12.6. The molecule has 1 aliphatic carbocycles. The number of carbonyl (C=O) groups is 1. The number of rotatable bonds is 2. The van der Waals surface area contributed by atoms with Crippen LogP contribution in [0.15, 0.2) is 22.9 Å². The molecule has 1 aliphatic rings. The van der Waals surface area contributed by atoms with Gasteiger partial charge in [0, 0.05) is 23.9 Å². The van der Waals surface area contributed by atoms with Gasteiger partial charge in [0.1, 0.15) is 0 Å². The van der Waals surface area contributed by atoms with E-state index in [2.05, 4.69) is 20.9 Å². The smallest absolute Gasteiger partial charge is 0.255 e. The summed E-state index contributed by atoms with van der Waals surface area (Å²) in [4.78, 5) is 17.7. The van der Waals surface area contributed by atoms with Crippen molar-refractivity contribution in [2.45, 2.75) is 31.4 Å². The minimum absolute atomic E-state index is 0.103. The second-order valence-electron chi connectivity index (χ2n) is 4.72. The van der Waals surface area contributed by atoms with Crippen molar-refractivity contribution in [2.24, 2.45) is 0 Å². The molecule has 1 N–H and O–H groups in total. The second kappa shape index (κ2) is 4.38. The molecular formula is C12H15BrN2O2. The van der Waals surface area contributed by atoms with E-state index in [4.69, 9.17) is 0 Å². The summed E-state index contributed by atoms with van der Waals surface area (Å²) in [5, 5.41) is 9.97. The Morgan fingerprint density at radius 2 is 2.35 bits per heavy atom. The number of amides is 1. The molecule has 1 fully saturated rings. The number of aromatic nitrogens is 1. The third-order valence-electron chi connectivity index (χ3n) is 3.38. The summed E-state index contributed by atoms with van der Waals surface area (Å²) in [5.74, 6) is -0.108. The number of aliphatic hydroxyl groups is 1. The van der Waals surface area contributed by atoms with Crippen LogP contribution >= 0.6 is 15.9 Å². The summed E-state index contributed by atoms with van der Waals surface area (Å²) in [7, 11) is 1.72. The van der Waals surface area contributed by atoms with Crippen molar-refractivity contribution < 1.29 is 9.90 Å². The monoisotopic (exact) mass is 298 g/mol. The molecule has 0 unspecified atom stereocenters. The van der Waals surface area contributed by atoms with Gasteiger partial charge in [-0.05, 0) is 41.8 Å². The molecule has 1 heterocycles. The first-order chi connectivity index (χ1) is 7.92. The average Bonchev–Trinajstić information content (AvgIpc) is 2.26. The number of halogens is 1. The number of hydrogen-bond donors (Lipinski definition) is 1. The van der Waals surface area contributed by atoms with E-state index in [-0.39, 0.29) is 11.9 Å². The van der Waals surface area contributed by atoms with Crippen LogP contribution in [0.1, 0.15) is 30.1 Å². The summed E-state index contributed by atoms with van der Waals surface area (Å²) in [5.41, 5.74) is -0.228. The van der Waals surface area contributed by atoms with Gasteiger partial charge >= 0.3 is 0 Å². The predicted octanol–water partition coefficient (Wildman–Crippen LogP) is 1.83. The Morgan fingerprint density at radius 1 is 1.65 bits per heavy atom. The predicted molar refractivity (Wildman–Crippen MR) is 67.7 cm³/mol. The van der Waals surface area contributed by atoms with Crippen molar-refractivity contribution in [3.63, 3.8) is 0 Å². The van der Waals surface area contributed by atoms with Gasteiger partial charge in [0.05, 0.1) is 17.2 Å². The van der Waals surface area contributed by atoms with Crippen LogP contribution < -0.4 is 0 Å². The third kappa shape index (κ3) is 2.35. The molecule has 0 saturated heterocycles. The molecule has 0 bridgehead atoms. The number of pyridine rings is 1. The maximum Gasteiger partial charge on any atom is 0.255 e. The minimum atomic E-state index is -0.760. The van der Waals surface area contributed by atoms with Gasteiger partial charge in [-0.25, -0.2) is 0 Å². The van der Waals surface area contributed by atoms with E-state index in [1.807, 2.05) is 0 Å². The van der Waals surface area contributed by atoms with Crippen molar-refractivity contribution in [1.29, 1.82) is 0 Å². The summed E-state index contributed by atoms with van der Waals surface area (Å²) in [6.45, 7) is 1.77. The van der Waals surface area contributed by atoms with Crippen LogP contribution in [0, 0.1) is 0 Å². The standard InChI is InChI=1S/C12H15BrN2O2/c1-12(17)4-3-10(12)15(2)11(16)8-5-9(13)7-14-6-8/h5-7,10,17H,3-4H2,1-2H3/t10-,12-/m1/s1. The maximum atomic E-state index is 12.2. The van der Waals surface area contributed by atoms with Crippen LogP contribution in [0.25, 0.3) is 0 Å². The van der Waals surface area contributed by atoms with Crippen LogP contribution in [-0.2, 0) is 0 Å². The zero-order valence-electron chi connectivity index (χ0n) is 9.85. The summed E-state index contributed by atoms with van der Waals surface area (Å²) in [6.07, 6.45) is 4.76. The highest BCUT2D eigenvalue weighted by atomic mass is 79.9. The molecule has 1 aromatic rings. The Hall–Kier alpha value is -0.940. The molecule has 17 heavy (non-hydrogen) atoms. The van der Waals surface area contributed by atoms with E-state index < -0.39 is 5.60 Å². The topological polar surface area (TPSA) is 53.4 Å². The van der Waals surface area contributed by atoms with Crippen LogP contribution in [0.2, 0.25) is 0 Å². The fourth-order valence-corrected chi connectivity index (χ4v) is 2.54. The molecule has 1 aromatic heterocycles. The largest absolute Gasteiger partial charge is 0.388 e. The normalized spacial score (nSPS) is 27.4. The molecule has 4 nitrogen and oxygen atoms in total. The first-order valence-corrected chi connectivity index (χ1v) is 6.31. The Bertz CT molecular complexity index is 448. The highest BCUT2D eigenvalue weighted by Gasteiger charge is 2.44. The molecule has 0 aliphatic heterocycles. The van der Waals surface area contributed by atoms with Crippen molar-refractivity contribution in [3.8, 4) is 0 Å². The summed E-state index contributed by atoms with van der Waals surface area (Å²) < 4.78 is 0.775. The average molecular weight is 299 g/mol. The molecule has 0 spiro atoms. The van der Waals surface area contributed by atoms with E-state index in [9.17, 15) is 9.90 Å². The fraction of sp³-hybridized carbons (Fsp3) is 0.500. The number of hydrogen-bond acceptors (Lipinski definition) is 3. The molecule has 0 aromatic carbocycles. The van der Waals surface area contributed by atoms with Gasteiger partial charge in [-0.2, -0.15) is 0 Å². The van der Waals surface area contributed by atoms with Crippen LogP contribution in [-0.4, -0.2) is 39.6 Å². The van der Waals surface area contributed by atoms with Crippen LogP contribution in [0.4, 0.5) is 0 Å². The molecule has 1 saturated carbocycles. The first-order valence-electron chi connectivity index (χ1n) is 5.52. The Labute approximate surface area is 109 Å². The number of likely N-dealkylation sites (N-methyl/N-ethyl adjacent to an activating group) is 1.